The molecule has 1 aliphatic rings. The smallest absolute Gasteiger partial charge is 0.399 e. The van der Waals surface area contributed by atoms with E-state index in [1.165, 1.54) is 0 Å². The van der Waals surface area contributed by atoms with Gasteiger partial charge in [0.05, 0.1) is 22.7 Å². The molecule has 1 aliphatic heterocycles. The number of carbonyl (C=O) groups excluding carboxylic acids is 1. The lowest BCUT2D eigenvalue weighted by molar-refractivity contribution is 0.00578. The molecule has 1 aromatic heterocycles. The number of pyridine rings is 1. The van der Waals surface area contributed by atoms with Crippen molar-refractivity contribution in [1.82, 2.24) is 4.98 Å². The summed E-state index contributed by atoms with van der Waals surface area (Å²) in [7, 11) is -0.510. The highest BCUT2D eigenvalue weighted by Crippen LogP contribution is 2.36. The third-order valence-electron chi connectivity index (χ3n) is 6.04. The van der Waals surface area contributed by atoms with E-state index in [-0.39, 0.29) is 11.6 Å². The van der Waals surface area contributed by atoms with E-state index in [1.807, 2.05) is 52.8 Å². The molecule has 0 aliphatic carbocycles. The third-order valence-corrected chi connectivity index (χ3v) is 6.04. The number of hydrogen-bond donors (Lipinski definition) is 1. The van der Waals surface area contributed by atoms with Gasteiger partial charge in [-0.15, -0.1) is 0 Å². The van der Waals surface area contributed by atoms with Crippen molar-refractivity contribution in [2.75, 3.05) is 5.32 Å². The minimum Gasteiger partial charge on any atom is -0.399 e. The standard InChI is InChI=1S/C23H28BN3O3/c1-15-8-9-17(13-18(15)24-29-22(4,5)23(6,7)30-24)27-20(28)19-12-16(10-11-26-19)21(2,3)14-25/h8-13H,1-7H3,(H,27,28). The molecular formula is C23H28BN3O3. The van der Waals surface area contributed by atoms with Gasteiger partial charge >= 0.3 is 7.12 Å². The van der Waals surface area contributed by atoms with Gasteiger partial charge in [0.15, 0.2) is 0 Å². The first-order valence-electron chi connectivity index (χ1n) is 10.0. The molecule has 30 heavy (non-hydrogen) atoms. The molecule has 0 spiro atoms. The number of benzene rings is 1. The summed E-state index contributed by atoms with van der Waals surface area (Å²) in [5.74, 6) is -0.339. The number of aryl methyl sites for hydroxylation is 1. The van der Waals surface area contributed by atoms with Crippen LogP contribution in [0.25, 0.3) is 0 Å². The van der Waals surface area contributed by atoms with Gasteiger partial charge < -0.3 is 14.6 Å². The van der Waals surface area contributed by atoms with E-state index >= 15 is 0 Å². The SMILES string of the molecule is Cc1ccc(NC(=O)c2cc(C(C)(C)C#N)ccn2)cc1B1OC(C)(C)C(C)(C)O1. The summed E-state index contributed by atoms with van der Waals surface area (Å²) < 4.78 is 12.3. The van der Waals surface area contributed by atoms with Gasteiger partial charge in [-0.25, -0.2) is 0 Å². The predicted octanol–water partition coefficient (Wildman–Crippen LogP) is 3.74. The van der Waals surface area contributed by atoms with Crippen LogP contribution in [0.3, 0.4) is 0 Å². The van der Waals surface area contributed by atoms with Crippen LogP contribution in [0.15, 0.2) is 36.5 Å². The highest BCUT2D eigenvalue weighted by molar-refractivity contribution is 6.62. The van der Waals surface area contributed by atoms with Crippen LogP contribution in [0.1, 0.15) is 63.2 Å². The topological polar surface area (TPSA) is 84.2 Å². The van der Waals surface area contributed by atoms with Gasteiger partial charge in [-0.2, -0.15) is 5.26 Å². The second-order valence-electron chi connectivity index (χ2n) is 9.28. The van der Waals surface area contributed by atoms with Crippen molar-refractivity contribution < 1.29 is 14.1 Å². The molecular weight excluding hydrogens is 377 g/mol. The van der Waals surface area contributed by atoms with Crippen LogP contribution in [0.5, 0.6) is 0 Å². The fourth-order valence-electron chi connectivity index (χ4n) is 3.15. The molecule has 1 fully saturated rings. The lowest BCUT2D eigenvalue weighted by atomic mass is 9.76. The number of nitrogens with zero attached hydrogens (tertiary/aromatic N) is 2. The van der Waals surface area contributed by atoms with Crippen molar-refractivity contribution in [2.24, 2.45) is 0 Å². The molecule has 1 amide bonds. The molecule has 0 saturated carbocycles. The summed E-state index contributed by atoms with van der Waals surface area (Å²) in [6, 6.07) is 11.3. The molecule has 0 radical (unpaired) electrons. The molecule has 1 aromatic carbocycles. The number of anilines is 1. The largest absolute Gasteiger partial charge is 0.495 e. The lowest BCUT2D eigenvalue weighted by Crippen LogP contribution is -2.41. The molecule has 7 heteroatoms. The van der Waals surface area contributed by atoms with Gasteiger partial charge in [0.25, 0.3) is 5.91 Å². The molecule has 0 atom stereocenters. The second-order valence-corrected chi connectivity index (χ2v) is 9.28. The van der Waals surface area contributed by atoms with E-state index in [0.29, 0.717) is 5.69 Å². The lowest BCUT2D eigenvalue weighted by Gasteiger charge is -2.32. The van der Waals surface area contributed by atoms with Crippen LogP contribution in [0, 0.1) is 18.3 Å². The maximum atomic E-state index is 12.8. The summed E-state index contributed by atoms with van der Waals surface area (Å²) in [4.78, 5) is 17.0. The van der Waals surface area contributed by atoms with Crippen LogP contribution < -0.4 is 10.8 Å². The highest BCUT2D eigenvalue weighted by atomic mass is 16.7. The maximum absolute atomic E-state index is 12.8. The Morgan fingerprint density at radius 1 is 1.13 bits per heavy atom. The van der Waals surface area contributed by atoms with E-state index in [9.17, 15) is 10.1 Å². The van der Waals surface area contributed by atoms with E-state index in [1.54, 1.807) is 32.2 Å². The monoisotopic (exact) mass is 405 g/mol. The molecule has 3 rings (SSSR count). The number of aromatic nitrogens is 1. The first-order chi connectivity index (χ1) is 13.9. The highest BCUT2D eigenvalue weighted by Gasteiger charge is 2.52. The Kier molecular flexibility index (Phi) is 5.53. The fraction of sp³-hybridized carbons (Fsp3) is 0.435. The van der Waals surface area contributed by atoms with Gasteiger partial charge in [0.1, 0.15) is 5.69 Å². The Morgan fingerprint density at radius 2 is 1.77 bits per heavy atom. The number of carbonyl (C=O) groups is 1. The Bertz CT molecular complexity index is 1010. The molecule has 0 unspecified atom stereocenters. The minimum absolute atomic E-state index is 0.258. The van der Waals surface area contributed by atoms with Crippen molar-refractivity contribution >= 4 is 24.2 Å². The van der Waals surface area contributed by atoms with Crippen molar-refractivity contribution in [1.29, 1.82) is 5.26 Å². The minimum atomic E-state index is -0.703. The summed E-state index contributed by atoms with van der Waals surface area (Å²) >= 11 is 0. The van der Waals surface area contributed by atoms with Gasteiger partial charge in [-0.05, 0) is 83.8 Å². The number of nitriles is 1. The quantitative estimate of drug-likeness (QED) is 0.784. The number of amides is 1. The van der Waals surface area contributed by atoms with Crippen LogP contribution in [0.4, 0.5) is 5.69 Å². The van der Waals surface area contributed by atoms with E-state index in [4.69, 9.17) is 9.31 Å². The molecule has 2 heterocycles. The summed E-state index contributed by atoms with van der Waals surface area (Å²) in [6.07, 6.45) is 1.55. The van der Waals surface area contributed by atoms with Crippen LogP contribution in [-0.4, -0.2) is 29.2 Å². The third kappa shape index (κ3) is 4.11. The zero-order chi connectivity index (χ0) is 22.3. The Labute approximate surface area is 178 Å². The Morgan fingerprint density at radius 3 is 2.37 bits per heavy atom. The van der Waals surface area contributed by atoms with Crippen LogP contribution >= 0.6 is 0 Å². The Balaban J connectivity index is 1.84. The van der Waals surface area contributed by atoms with Crippen molar-refractivity contribution in [3.63, 3.8) is 0 Å². The molecule has 0 bridgehead atoms. The van der Waals surface area contributed by atoms with Gasteiger partial charge in [-0.3, -0.25) is 9.78 Å². The van der Waals surface area contributed by atoms with Crippen LogP contribution in [-0.2, 0) is 14.7 Å². The summed E-state index contributed by atoms with van der Waals surface area (Å²) in [6.45, 7) is 13.6. The average molecular weight is 405 g/mol. The maximum Gasteiger partial charge on any atom is 0.495 e. The molecule has 1 N–H and O–H groups in total. The van der Waals surface area contributed by atoms with Crippen molar-refractivity contribution in [3.8, 4) is 6.07 Å². The normalized spacial score (nSPS) is 17.5. The fourth-order valence-corrected chi connectivity index (χ4v) is 3.15. The zero-order valence-electron chi connectivity index (χ0n) is 18.7. The predicted molar refractivity (Wildman–Crippen MR) is 118 cm³/mol. The number of rotatable bonds is 4. The summed E-state index contributed by atoms with van der Waals surface area (Å²) in [5, 5.41) is 12.2. The average Bonchev–Trinajstić information content (AvgIpc) is 2.90. The molecule has 156 valence electrons. The van der Waals surface area contributed by atoms with Gasteiger partial charge in [0.2, 0.25) is 0 Å². The van der Waals surface area contributed by atoms with Gasteiger partial charge in [0, 0.05) is 11.9 Å². The van der Waals surface area contributed by atoms with E-state index < -0.39 is 23.7 Å². The first-order valence-corrected chi connectivity index (χ1v) is 10.0. The van der Waals surface area contributed by atoms with E-state index in [2.05, 4.69) is 16.4 Å². The number of nitrogens with one attached hydrogen (secondary N) is 1. The zero-order valence-corrected chi connectivity index (χ0v) is 18.7. The van der Waals surface area contributed by atoms with Crippen molar-refractivity contribution in [3.05, 3.63) is 53.3 Å². The second kappa shape index (κ2) is 7.53. The molecule has 6 nitrogen and oxygen atoms in total. The van der Waals surface area contributed by atoms with Crippen LogP contribution in [0.2, 0.25) is 0 Å². The molecule has 2 aromatic rings. The van der Waals surface area contributed by atoms with E-state index in [0.717, 1.165) is 16.6 Å². The van der Waals surface area contributed by atoms with Crippen molar-refractivity contribution in [2.45, 2.75) is 65.1 Å². The Hall–Kier alpha value is -2.69. The first kappa shape index (κ1) is 22.0. The molecule has 1 saturated heterocycles. The number of hydrogen-bond acceptors (Lipinski definition) is 5. The summed E-state index contributed by atoms with van der Waals surface area (Å²) in [5.41, 5.74) is 1.93. The van der Waals surface area contributed by atoms with Gasteiger partial charge in [-0.1, -0.05) is 11.6 Å².